The van der Waals surface area contributed by atoms with E-state index in [2.05, 4.69) is 32.3 Å². The first-order valence-electron chi connectivity index (χ1n) is 10.9. The maximum absolute atomic E-state index is 12.4. The molecule has 1 fully saturated rings. The maximum Gasteiger partial charge on any atom is 0.326 e. The number of nitrogens with one attached hydrogen (secondary N) is 3. The predicted molar refractivity (Wildman–Crippen MR) is 122 cm³/mol. The summed E-state index contributed by atoms with van der Waals surface area (Å²) in [5.74, 6) is 0.0579. The van der Waals surface area contributed by atoms with E-state index in [0.29, 0.717) is 13.1 Å². The fourth-order valence-corrected chi connectivity index (χ4v) is 4.71. The summed E-state index contributed by atoms with van der Waals surface area (Å²) < 4.78 is 1.88. The van der Waals surface area contributed by atoms with Gasteiger partial charge in [0.2, 0.25) is 5.91 Å². The second-order valence-corrected chi connectivity index (χ2v) is 8.28. The van der Waals surface area contributed by atoms with Crippen molar-refractivity contribution in [3.63, 3.8) is 0 Å². The fourth-order valence-electron chi connectivity index (χ4n) is 4.71. The standard InChI is InChI=1S/C24H27N5O2/c30-23(25-12-9-17-15-26-20-6-2-1-5-19(17)20)16-28-13-10-18(11-14-28)29-22-8-4-3-7-21(22)27-24(29)31/h1-8,15,18,26H,9-14,16H2,(H,25,30)(H,27,31). The van der Waals surface area contributed by atoms with Crippen molar-refractivity contribution in [2.75, 3.05) is 26.2 Å². The van der Waals surface area contributed by atoms with Crippen LogP contribution in [0.1, 0.15) is 24.4 Å². The molecule has 0 radical (unpaired) electrons. The first-order valence-corrected chi connectivity index (χ1v) is 10.9. The fraction of sp³-hybridized carbons (Fsp3) is 0.333. The molecule has 3 heterocycles. The highest BCUT2D eigenvalue weighted by Gasteiger charge is 2.24. The first-order chi connectivity index (χ1) is 15.2. The molecule has 2 aromatic heterocycles. The highest BCUT2D eigenvalue weighted by Crippen LogP contribution is 2.24. The van der Waals surface area contributed by atoms with Crippen molar-refractivity contribution in [3.05, 3.63) is 70.8 Å². The molecule has 0 saturated carbocycles. The van der Waals surface area contributed by atoms with Gasteiger partial charge in [0.25, 0.3) is 0 Å². The van der Waals surface area contributed by atoms with Crippen LogP contribution in [0.15, 0.2) is 59.5 Å². The van der Waals surface area contributed by atoms with Gasteiger partial charge in [-0.3, -0.25) is 14.3 Å². The van der Waals surface area contributed by atoms with Crippen LogP contribution in [0.5, 0.6) is 0 Å². The molecule has 160 valence electrons. The number of carbonyl (C=O) groups is 1. The van der Waals surface area contributed by atoms with Gasteiger partial charge >= 0.3 is 5.69 Å². The Morgan fingerprint density at radius 3 is 2.61 bits per heavy atom. The van der Waals surface area contributed by atoms with E-state index < -0.39 is 0 Å². The lowest BCUT2D eigenvalue weighted by Gasteiger charge is -2.32. The van der Waals surface area contributed by atoms with Crippen LogP contribution in [-0.4, -0.2) is 51.5 Å². The van der Waals surface area contributed by atoms with Crippen molar-refractivity contribution in [2.45, 2.75) is 25.3 Å². The third-order valence-electron chi connectivity index (χ3n) is 6.30. The Hall–Kier alpha value is -3.32. The number of benzene rings is 2. The van der Waals surface area contributed by atoms with E-state index in [1.54, 1.807) is 0 Å². The monoisotopic (exact) mass is 417 g/mol. The topological polar surface area (TPSA) is 85.9 Å². The second-order valence-electron chi connectivity index (χ2n) is 8.28. The van der Waals surface area contributed by atoms with Gasteiger partial charge in [-0.15, -0.1) is 0 Å². The molecule has 2 aromatic carbocycles. The molecule has 0 spiro atoms. The number of imidazole rings is 1. The lowest BCUT2D eigenvalue weighted by Crippen LogP contribution is -2.43. The first kappa shape index (κ1) is 19.6. The number of piperidine rings is 1. The largest absolute Gasteiger partial charge is 0.361 e. The summed E-state index contributed by atoms with van der Waals surface area (Å²) in [6, 6.07) is 16.2. The third-order valence-corrected chi connectivity index (χ3v) is 6.30. The van der Waals surface area contributed by atoms with Gasteiger partial charge in [-0.05, 0) is 43.0 Å². The molecule has 7 nitrogen and oxygen atoms in total. The van der Waals surface area contributed by atoms with Crippen LogP contribution in [0.25, 0.3) is 21.9 Å². The second kappa shape index (κ2) is 8.43. The van der Waals surface area contributed by atoms with Crippen molar-refractivity contribution in [1.82, 2.24) is 24.8 Å². The van der Waals surface area contributed by atoms with Gasteiger partial charge in [0.1, 0.15) is 0 Å². The van der Waals surface area contributed by atoms with Crippen LogP contribution in [0.4, 0.5) is 0 Å². The number of hydrogen-bond acceptors (Lipinski definition) is 3. The van der Waals surface area contributed by atoms with Gasteiger partial charge in [0, 0.05) is 42.8 Å². The van der Waals surface area contributed by atoms with E-state index in [0.717, 1.165) is 48.9 Å². The van der Waals surface area contributed by atoms with E-state index in [1.165, 1.54) is 10.9 Å². The van der Waals surface area contributed by atoms with Gasteiger partial charge in [-0.25, -0.2) is 4.79 Å². The molecule has 7 heteroatoms. The van der Waals surface area contributed by atoms with Crippen molar-refractivity contribution >= 4 is 27.8 Å². The third kappa shape index (κ3) is 4.01. The molecule has 1 aliphatic heterocycles. The Bertz CT molecular complexity index is 1260. The minimum atomic E-state index is -0.0466. The van der Waals surface area contributed by atoms with Crippen molar-refractivity contribution < 1.29 is 4.79 Å². The van der Waals surface area contributed by atoms with Crippen LogP contribution in [0.2, 0.25) is 0 Å². The number of carbonyl (C=O) groups excluding carboxylic acids is 1. The summed E-state index contributed by atoms with van der Waals surface area (Å²) in [7, 11) is 0. The van der Waals surface area contributed by atoms with Gasteiger partial charge < -0.3 is 15.3 Å². The van der Waals surface area contributed by atoms with Gasteiger partial charge in [-0.1, -0.05) is 30.3 Å². The number of H-pyrrole nitrogens is 2. The summed E-state index contributed by atoms with van der Waals surface area (Å²) in [6.45, 7) is 2.66. The number of nitrogens with zero attached hydrogens (tertiary/aromatic N) is 2. The summed E-state index contributed by atoms with van der Waals surface area (Å²) in [5.41, 5.74) is 4.14. The molecule has 1 saturated heterocycles. The number of hydrogen-bond donors (Lipinski definition) is 3. The molecule has 1 amide bonds. The average molecular weight is 418 g/mol. The molecule has 4 aromatic rings. The molecule has 3 N–H and O–H groups in total. The summed E-state index contributed by atoms with van der Waals surface area (Å²) in [4.78, 5) is 33.2. The lowest BCUT2D eigenvalue weighted by atomic mass is 10.0. The molecule has 31 heavy (non-hydrogen) atoms. The Labute approximate surface area is 180 Å². The highest BCUT2D eigenvalue weighted by molar-refractivity contribution is 5.83. The Morgan fingerprint density at radius 1 is 1.03 bits per heavy atom. The number of para-hydroxylation sites is 3. The van der Waals surface area contributed by atoms with Crippen molar-refractivity contribution in [3.8, 4) is 0 Å². The van der Waals surface area contributed by atoms with Gasteiger partial charge in [0.15, 0.2) is 0 Å². The minimum Gasteiger partial charge on any atom is -0.361 e. The summed E-state index contributed by atoms with van der Waals surface area (Å²) in [6.07, 6.45) is 4.56. The number of aromatic amines is 2. The zero-order chi connectivity index (χ0) is 21.2. The normalized spacial score (nSPS) is 15.6. The summed E-state index contributed by atoms with van der Waals surface area (Å²) >= 11 is 0. The Balaban J connectivity index is 1.11. The van der Waals surface area contributed by atoms with Gasteiger partial charge in [0.05, 0.1) is 17.6 Å². The Kier molecular flexibility index (Phi) is 5.34. The van der Waals surface area contributed by atoms with Gasteiger partial charge in [-0.2, -0.15) is 0 Å². The van der Waals surface area contributed by atoms with Crippen LogP contribution in [0, 0.1) is 0 Å². The smallest absolute Gasteiger partial charge is 0.326 e. The molecular weight excluding hydrogens is 390 g/mol. The van der Waals surface area contributed by atoms with Crippen LogP contribution in [-0.2, 0) is 11.2 Å². The van der Waals surface area contributed by atoms with E-state index in [-0.39, 0.29) is 17.6 Å². The average Bonchev–Trinajstić information content (AvgIpc) is 3.35. The Morgan fingerprint density at radius 2 is 1.77 bits per heavy atom. The summed E-state index contributed by atoms with van der Waals surface area (Å²) in [5, 5.41) is 4.26. The molecule has 0 atom stereocenters. The molecule has 5 rings (SSSR count). The van der Waals surface area contributed by atoms with Crippen LogP contribution < -0.4 is 11.0 Å². The van der Waals surface area contributed by atoms with E-state index in [4.69, 9.17) is 0 Å². The van der Waals surface area contributed by atoms with E-state index in [1.807, 2.05) is 47.2 Å². The molecule has 0 unspecified atom stereocenters. The number of likely N-dealkylation sites (tertiary alicyclic amines) is 1. The zero-order valence-electron chi connectivity index (χ0n) is 17.4. The highest BCUT2D eigenvalue weighted by atomic mass is 16.2. The minimum absolute atomic E-state index is 0.0466. The number of rotatable bonds is 6. The van der Waals surface area contributed by atoms with E-state index in [9.17, 15) is 9.59 Å². The van der Waals surface area contributed by atoms with Crippen LogP contribution in [0.3, 0.4) is 0 Å². The van der Waals surface area contributed by atoms with Crippen LogP contribution >= 0.6 is 0 Å². The SMILES string of the molecule is O=C(CN1CCC(n2c(=O)[nH]c3ccccc32)CC1)NCCc1c[nH]c2ccccc12. The predicted octanol–water partition coefficient (Wildman–Crippen LogP) is 2.81. The molecule has 0 bridgehead atoms. The zero-order valence-corrected chi connectivity index (χ0v) is 17.4. The molecular formula is C24H27N5O2. The number of aromatic nitrogens is 3. The van der Waals surface area contributed by atoms with E-state index >= 15 is 0 Å². The lowest BCUT2D eigenvalue weighted by molar-refractivity contribution is -0.122. The molecule has 0 aliphatic carbocycles. The van der Waals surface area contributed by atoms with Crippen molar-refractivity contribution in [2.24, 2.45) is 0 Å². The number of fused-ring (bicyclic) bond motifs is 2. The van der Waals surface area contributed by atoms with Crippen molar-refractivity contribution in [1.29, 1.82) is 0 Å². The molecule has 1 aliphatic rings. The maximum atomic E-state index is 12.4. The number of amides is 1. The quantitative estimate of drug-likeness (QED) is 0.451.